The molecule has 1 unspecified atom stereocenters. The standard InChI is InChI=1S/C18H17F4N5O3S/c1-9-24-13-14(17(25-9)27-6-7-30-12(8-27)18(20,21)22)26-16(23)15(13)31(28,29)11-5-3-2-4-10(11)19/h2-5,12,26H,6-8,23H2,1H3. The van der Waals surface area contributed by atoms with Crippen molar-refractivity contribution >= 4 is 32.5 Å². The van der Waals surface area contributed by atoms with Crippen molar-refractivity contribution < 1.29 is 30.7 Å². The number of H-pyrrole nitrogens is 1. The van der Waals surface area contributed by atoms with Crippen LogP contribution in [-0.2, 0) is 14.6 Å². The Morgan fingerprint density at radius 2 is 1.97 bits per heavy atom. The minimum Gasteiger partial charge on any atom is -0.384 e. The quantitative estimate of drug-likeness (QED) is 0.579. The Morgan fingerprint density at radius 1 is 1.26 bits per heavy atom. The van der Waals surface area contributed by atoms with Crippen LogP contribution in [-0.4, -0.2) is 55.3 Å². The minimum absolute atomic E-state index is 0.0424. The van der Waals surface area contributed by atoms with E-state index in [2.05, 4.69) is 15.0 Å². The molecule has 13 heteroatoms. The maximum atomic E-state index is 14.2. The van der Waals surface area contributed by atoms with Crippen molar-refractivity contribution in [3.63, 3.8) is 0 Å². The highest BCUT2D eigenvalue weighted by molar-refractivity contribution is 7.92. The third kappa shape index (κ3) is 3.67. The molecule has 1 aliphatic heterocycles. The average molecular weight is 459 g/mol. The number of nitrogens with two attached hydrogens (primary N) is 1. The highest BCUT2D eigenvalue weighted by atomic mass is 32.2. The average Bonchev–Trinajstić information content (AvgIpc) is 3.03. The molecule has 1 aromatic carbocycles. The van der Waals surface area contributed by atoms with Crippen LogP contribution in [0.1, 0.15) is 5.82 Å². The van der Waals surface area contributed by atoms with E-state index in [4.69, 9.17) is 10.5 Å². The number of hydrogen-bond donors (Lipinski definition) is 2. The van der Waals surface area contributed by atoms with Gasteiger partial charge in [0.2, 0.25) is 9.84 Å². The van der Waals surface area contributed by atoms with Gasteiger partial charge in [0.15, 0.2) is 11.9 Å². The lowest BCUT2D eigenvalue weighted by Gasteiger charge is -2.34. The Kier molecular flexibility index (Phi) is 5.04. The summed E-state index contributed by atoms with van der Waals surface area (Å²) in [6.07, 6.45) is -6.60. The molecule has 0 amide bonds. The number of hydrogen-bond acceptors (Lipinski definition) is 7. The van der Waals surface area contributed by atoms with Crippen LogP contribution in [0.5, 0.6) is 0 Å². The molecule has 31 heavy (non-hydrogen) atoms. The molecule has 8 nitrogen and oxygen atoms in total. The number of aromatic amines is 1. The Balaban J connectivity index is 1.88. The minimum atomic E-state index is -4.58. The van der Waals surface area contributed by atoms with Crippen molar-refractivity contribution in [3.8, 4) is 0 Å². The predicted octanol–water partition coefficient (Wildman–Crippen LogP) is 2.59. The van der Waals surface area contributed by atoms with E-state index in [1.807, 2.05) is 0 Å². The van der Waals surface area contributed by atoms with Crippen LogP contribution >= 0.6 is 0 Å². The van der Waals surface area contributed by atoms with E-state index in [0.29, 0.717) is 0 Å². The zero-order chi connectivity index (χ0) is 22.6. The summed E-state index contributed by atoms with van der Waals surface area (Å²) >= 11 is 0. The van der Waals surface area contributed by atoms with Gasteiger partial charge in [0.25, 0.3) is 0 Å². The number of fused-ring (bicyclic) bond motifs is 1. The fourth-order valence-corrected chi connectivity index (χ4v) is 5.01. The van der Waals surface area contributed by atoms with Gasteiger partial charge >= 0.3 is 6.18 Å². The number of nitrogens with one attached hydrogen (secondary N) is 1. The maximum absolute atomic E-state index is 14.2. The number of alkyl halides is 3. The number of aromatic nitrogens is 3. The molecule has 3 heterocycles. The summed E-state index contributed by atoms with van der Waals surface area (Å²) < 4.78 is 84.8. The number of halogens is 4. The van der Waals surface area contributed by atoms with Crippen LogP contribution < -0.4 is 10.6 Å². The maximum Gasteiger partial charge on any atom is 0.416 e. The largest absolute Gasteiger partial charge is 0.416 e. The van der Waals surface area contributed by atoms with Crippen LogP contribution in [0, 0.1) is 12.7 Å². The molecule has 3 N–H and O–H groups in total. The van der Waals surface area contributed by atoms with Gasteiger partial charge in [-0.3, -0.25) is 0 Å². The number of sulfone groups is 1. The second-order valence-corrected chi connectivity index (χ2v) is 8.82. The van der Waals surface area contributed by atoms with Crippen LogP contribution in [0.3, 0.4) is 0 Å². The van der Waals surface area contributed by atoms with Gasteiger partial charge in [-0.15, -0.1) is 0 Å². The molecule has 2 aromatic heterocycles. The molecule has 1 saturated heterocycles. The highest BCUT2D eigenvalue weighted by Gasteiger charge is 2.44. The molecular formula is C18H17F4N5O3S. The van der Waals surface area contributed by atoms with E-state index in [-0.39, 0.29) is 41.6 Å². The molecule has 1 fully saturated rings. The van der Waals surface area contributed by atoms with E-state index in [0.717, 1.165) is 12.1 Å². The second-order valence-electron chi connectivity index (χ2n) is 6.97. The fraction of sp³-hybridized carbons (Fsp3) is 0.333. The lowest BCUT2D eigenvalue weighted by molar-refractivity contribution is -0.221. The van der Waals surface area contributed by atoms with Gasteiger partial charge in [0.1, 0.15) is 38.3 Å². The van der Waals surface area contributed by atoms with Crippen LogP contribution in [0.2, 0.25) is 0 Å². The van der Waals surface area contributed by atoms with E-state index in [1.165, 1.54) is 24.0 Å². The summed E-state index contributed by atoms with van der Waals surface area (Å²) in [5.41, 5.74) is 5.84. The summed E-state index contributed by atoms with van der Waals surface area (Å²) in [6, 6.07) is 4.78. The molecule has 0 saturated carbocycles. The molecule has 0 aliphatic carbocycles. The van der Waals surface area contributed by atoms with Crippen molar-refractivity contribution in [2.24, 2.45) is 0 Å². The van der Waals surface area contributed by atoms with Gasteiger partial charge in [-0.05, 0) is 19.1 Å². The Hall–Kier alpha value is -2.93. The van der Waals surface area contributed by atoms with Crippen LogP contribution in [0.4, 0.5) is 29.2 Å². The van der Waals surface area contributed by atoms with Gasteiger partial charge < -0.3 is 20.4 Å². The van der Waals surface area contributed by atoms with Crippen molar-refractivity contribution in [1.82, 2.24) is 15.0 Å². The first kappa shape index (κ1) is 21.3. The van der Waals surface area contributed by atoms with Crippen molar-refractivity contribution in [2.45, 2.75) is 29.0 Å². The summed E-state index contributed by atoms with van der Waals surface area (Å²) in [5, 5.41) is 0. The van der Waals surface area contributed by atoms with Gasteiger partial charge in [-0.2, -0.15) is 13.2 Å². The summed E-state index contributed by atoms with van der Waals surface area (Å²) in [5.74, 6) is -1.12. The predicted molar refractivity (Wildman–Crippen MR) is 103 cm³/mol. The van der Waals surface area contributed by atoms with Crippen molar-refractivity contribution in [2.75, 3.05) is 30.3 Å². The van der Waals surface area contributed by atoms with Gasteiger partial charge in [-0.25, -0.2) is 22.8 Å². The molecular weight excluding hydrogens is 442 g/mol. The Bertz CT molecular complexity index is 1260. The molecule has 0 bridgehead atoms. The Morgan fingerprint density at radius 3 is 2.65 bits per heavy atom. The van der Waals surface area contributed by atoms with Crippen LogP contribution in [0.15, 0.2) is 34.1 Å². The lowest BCUT2D eigenvalue weighted by Crippen LogP contribution is -2.49. The number of rotatable bonds is 3. The number of morpholine rings is 1. The van der Waals surface area contributed by atoms with Gasteiger partial charge in [-0.1, -0.05) is 12.1 Å². The normalized spacial score (nSPS) is 18.0. The number of benzene rings is 1. The SMILES string of the molecule is Cc1nc(N2CCOC(C(F)(F)F)C2)c2[nH]c(N)c(S(=O)(=O)c3ccccc3F)c2n1. The summed E-state index contributed by atoms with van der Waals surface area (Å²) in [6.45, 7) is 0.814. The summed E-state index contributed by atoms with van der Waals surface area (Å²) in [7, 11) is -4.43. The zero-order valence-electron chi connectivity index (χ0n) is 16.1. The first-order valence-electron chi connectivity index (χ1n) is 9.09. The highest BCUT2D eigenvalue weighted by Crippen LogP contribution is 2.37. The van der Waals surface area contributed by atoms with E-state index >= 15 is 0 Å². The molecule has 0 spiro atoms. The molecule has 3 aromatic rings. The van der Waals surface area contributed by atoms with E-state index < -0.39 is 44.3 Å². The molecule has 1 aliphatic rings. The molecule has 1 atom stereocenters. The molecule has 4 rings (SSSR count). The number of ether oxygens (including phenoxy) is 1. The Labute approximate surface area is 174 Å². The molecule has 166 valence electrons. The molecule has 0 radical (unpaired) electrons. The lowest BCUT2D eigenvalue weighted by atomic mass is 10.2. The van der Waals surface area contributed by atoms with Gasteiger partial charge in [0, 0.05) is 6.54 Å². The number of aryl methyl sites for hydroxylation is 1. The van der Waals surface area contributed by atoms with E-state index in [1.54, 1.807) is 0 Å². The first-order chi connectivity index (χ1) is 14.5. The van der Waals surface area contributed by atoms with Crippen molar-refractivity contribution in [3.05, 3.63) is 35.9 Å². The van der Waals surface area contributed by atoms with E-state index in [9.17, 15) is 26.0 Å². The number of nitrogen functional groups attached to an aromatic ring is 1. The number of anilines is 2. The second kappa shape index (κ2) is 7.34. The monoisotopic (exact) mass is 459 g/mol. The third-order valence-electron chi connectivity index (χ3n) is 4.85. The smallest absolute Gasteiger partial charge is 0.384 e. The zero-order valence-corrected chi connectivity index (χ0v) is 16.9. The van der Waals surface area contributed by atoms with Gasteiger partial charge in [0.05, 0.1) is 13.2 Å². The summed E-state index contributed by atoms with van der Waals surface area (Å²) in [4.78, 5) is 11.3. The number of nitrogens with zero attached hydrogens (tertiary/aromatic N) is 3. The first-order valence-corrected chi connectivity index (χ1v) is 10.6. The fourth-order valence-electron chi connectivity index (χ4n) is 3.47. The van der Waals surface area contributed by atoms with Crippen molar-refractivity contribution in [1.29, 1.82) is 0 Å². The third-order valence-corrected chi connectivity index (χ3v) is 6.71. The van der Waals surface area contributed by atoms with Crippen LogP contribution in [0.25, 0.3) is 11.0 Å². The topological polar surface area (TPSA) is 114 Å².